The van der Waals surface area contributed by atoms with E-state index in [0.29, 0.717) is 6.54 Å². The van der Waals surface area contributed by atoms with E-state index < -0.39 is 5.60 Å². The average Bonchev–Trinajstić information content (AvgIpc) is 2.56. The quantitative estimate of drug-likeness (QED) is 0.601. The summed E-state index contributed by atoms with van der Waals surface area (Å²) in [5.74, 6) is 0. The van der Waals surface area contributed by atoms with Crippen LogP contribution in [0.2, 0.25) is 0 Å². The van der Waals surface area contributed by atoms with E-state index in [1.165, 1.54) is 21.2 Å². The van der Waals surface area contributed by atoms with Crippen molar-refractivity contribution in [2.75, 3.05) is 18.0 Å². The molecule has 1 aliphatic heterocycles. The van der Waals surface area contributed by atoms with Gasteiger partial charge in [-0.25, -0.2) is 4.79 Å². The Morgan fingerprint density at radius 2 is 1.88 bits per heavy atom. The number of rotatable bonds is 4. The van der Waals surface area contributed by atoms with E-state index in [0.717, 1.165) is 17.4 Å². The van der Waals surface area contributed by atoms with Gasteiger partial charge in [0, 0.05) is 27.4 Å². The van der Waals surface area contributed by atoms with Crippen molar-refractivity contribution in [3.05, 3.63) is 46.9 Å². The topological polar surface area (TPSA) is 41.6 Å². The molecule has 1 heterocycles. The van der Waals surface area contributed by atoms with Crippen molar-refractivity contribution in [3.63, 3.8) is 0 Å². The molecule has 1 amide bonds. The van der Waals surface area contributed by atoms with Gasteiger partial charge in [0.1, 0.15) is 5.60 Å². The summed E-state index contributed by atoms with van der Waals surface area (Å²) in [5, 5.41) is 2.84. The lowest BCUT2D eigenvalue weighted by atomic mass is 10.2. The number of halogens is 1. The Labute approximate surface area is 167 Å². The van der Waals surface area contributed by atoms with Crippen LogP contribution >= 0.6 is 27.7 Å². The van der Waals surface area contributed by atoms with Crippen molar-refractivity contribution >= 4 is 45.2 Å². The summed E-state index contributed by atoms with van der Waals surface area (Å²) in [4.78, 5) is 16.6. The Kier molecular flexibility index (Phi) is 5.82. The second kappa shape index (κ2) is 7.92. The molecular formula is C20H23BrN2O2S. The second-order valence-corrected chi connectivity index (χ2v) is 9.12. The molecule has 6 heteroatoms. The molecule has 0 bridgehead atoms. The molecule has 0 fully saturated rings. The summed E-state index contributed by atoms with van der Waals surface area (Å²) in [7, 11) is 0. The first-order chi connectivity index (χ1) is 12.3. The fourth-order valence-electron chi connectivity index (χ4n) is 2.79. The molecule has 1 N–H and O–H groups in total. The van der Waals surface area contributed by atoms with Gasteiger partial charge >= 0.3 is 6.09 Å². The van der Waals surface area contributed by atoms with Crippen LogP contribution in [-0.4, -0.2) is 24.8 Å². The van der Waals surface area contributed by atoms with Crippen LogP contribution in [0.3, 0.4) is 0 Å². The SMILES string of the molecule is CC(C)(C)OC(=O)NCCCN1c2ccccc2Sc2cc(Br)ccc21. The normalized spacial score (nSPS) is 13.0. The van der Waals surface area contributed by atoms with Gasteiger partial charge in [-0.1, -0.05) is 39.8 Å². The molecule has 0 radical (unpaired) electrons. The Morgan fingerprint density at radius 3 is 2.65 bits per heavy atom. The number of benzene rings is 2. The molecular weight excluding hydrogens is 412 g/mol. The van der Waals surface area contributed by atoms with Crippen LogP contribution in [0.5, 0.6) is 0 Å². The maximum absolute atomic E-state index is 11.8. The zero-order chi connectivity index (χ0) is 18.7. The van der Waals surface area contributed by atoms with E-state index >= 15 is 0 Å². The average molecular weight is 435 g/mol. The molecule has 26 heavy (non-hydrogen) atoms. The first-order valence-electron chi connectivity index (χ1n) is 8.64. The van der Waals surface area contributed by atoms with Gasteiger partial charge in [0.05, 0.1) is 11.4 Å². The van der Waals surface area contributed by atoms with Crippen molar-refractivity contribution < 1.29 is 9.53 Å². The van der Waals surface area contributed by atoms with Gasteiger partial charge in [-0.3, -0.25) is 0 Å². The molecule has 0 unspecified atom stereocenters. The summed E-state index contributed by atoms with van der Waals surface area (Å²) < 4.78 is 6.36. The highest BCUT2D eigenvalue weighted by Gasteiger charge is 2.23. The minimum atomic E-state index is -0.473. The zero-order valence-electron chi connectivity index (χ0n) is 15.2. The van der Waals surface area contributed by atoms with Crippen LogP contribution in [0, 0.1) is 0 Å². The number of amides is 1. The summed E-state index contributed by atoms with van der Waals surface area (Å²) in [6.07, 6.45) is 0.463. The van der Waals surface area contributed by atoms with Crippen molar-refractivity contribution in [2.24, 2.45) is 0 Å². The maximum atomic E-state index is 11.8. The molecule has 0 spiro atoms. The Bertz CT molecular complexity index is 805. The molecule has 4 nitrogen and oxygen atoms in total. The number of anilines is 2. The third-order valence-corrected chi connectivity index (χ3v) is 5.42. The first-order valence-corrected chi connectivity index (χ1v) is 10.3. The molecule has 2 aromatic rings. The molecule has 0 atom stereocenters. The van der Waals surface area contributed by atoms with Gasteiger partial charge in [0.25, 0.3) is 0 Å². The van der Waals surface area contributed by atoms with Crippen LogP contribution < -0.4 is 10.2 Å². The number of hydrogen-bond donors (Lipinski definition) is 1. The molecule has 1 aliphatic rings. The highest BCUT2D eigenvalue weighted by molar-refractivity contribution is 9.10. The predicted molar refractivity (Wildman–Crippen MR) is 111 cm³/mol. The number of carbonyl (C=O) groups is 1. The number of hydrogen-bond acceptors (Lipinski definition) is 4. The van der Waals surface area contributed by atoms with E-state index in [1.807, 2.05) is 20.8 Å². The standard InChI is InChI=1S/C20H23BrN2O2S/c1-20(2,3)25-19(24)22-11-6-12-23-15-7-4-5-8-17(15)26-18-13-14(21)9-10-16(18)23/h4-5,7-10,13H,6,11-12H2,1-3H3,(H,22,24). The van der Waals surface area contributed by atoms with Gasteiger partial charge in [-0.15, -0.1) is 0 Å². The Morgan fingerprint density at radius 1 is 1.15 bits per heavy atom. The molecule has 0 saturated heterocycles. The first kappa shape index (κ1) is 19.1. The van der Waals surface area contributed by atoms with Crippen LogP contribution in [0.25, 0.3) is 0 Å². The molecule has 0 aliphatic carbocycles. The van der Waals surface area contributed by atoms with Crippen LogP contribution in [-0.2, 0) is 4.74 Å². The number of alkyl carbamates (subject to hydrolysis) is 1. The lowest BCUT2D eigenvalue weighted by molar-refractivity contribution is 0.0527. The molecule has 0 saturated carbocycles. The summed E-state index contributed by atoms with van der Waals surface area (Å²) in [6, 6.07) is 14.8. The largest absolute Gasteiger partial charge is 0.444 e. The lowest BCUT2D eigenvalue weighted by Crippen LogP contribution is -2.34. The number of nitrogens with one attached hydrogen (secondary N) is 1. The Balaban J connectivity index is 1.67. The van der Waals surface area contributed by atoms with Crippen molar-refractivity contribution in [1.82, 2.24) is 5.32 Å². The van der Waals surface area contributed by atoms with Crippen molar-refractivity contribution in [2.45, 2.75) is 42.6 Å². The number of fused-ring (bicyclic) bond motifs is 2. The Hall–Kier alpha value is -1.66. The predicted octanol–water partition coefficient (Wildman–Crippen LogP) is 5.97. The fraction of sp³-hybridized carbons (Fsp3) is 0.350. The number of para-hydroxylation sites is 1. The number of nitrogens with zero attached hydrogens (tertiary/aromatic N) is 1. The number of carbonyl (C=O) groups excluding carboxylic acids is 1. The third-order valence-electron chi connectivity index (χ3n) is 3.82. The van der Waals surface area contributed by atoms with E-state index in [2.05, 4.69) is 68.6 Å². The molecule has 138 valence electrons. The fourth-order valence-corrected chi connectivity index (χ4v) is 4.44. The van der Waals surface area contributed by atoms with Gasteiger partial charge < -0.3 is 15.0 Å². The van der Waals surface area contributed by atoms with Gasteiger partial charge in [-0.2, -0.15) is 0 Å². The highest BCUT2D eigenvalue weighted by atomic mass is 79.9. The van der Waals surface area contributed by atoms with E-state index in [4.69, 9.17) is 4.74 Å². The third kappa shape index (κ3) is 4.74. The zero-order valence-corrected chi connectivity index (χ0v) is 17.6. The van der Waals surface area contributed by atoms with Crippen molar-refractivity contribution in [3.8, 4) is 0 Å². The maximum Gasteiger partial charge on any atom is 0.407 e. The van der Waals surface area contributed by atoms with Crippen LogP contribution in [0.15, 0.2) is 56.7 Å². The van der Waals surface area contributed by atoms with Gasteiger partial charge in [0.15, 0.2) is 0 Å². The van der Waals surface area contributed by atoms with Crippen LogP contribution in [0.4, 0.5) is 16.2 Å². The number of ether oxygens (including phenoxy) is 1. The smallest absolute Gasteiger partial charge is 0.407 e. The van der Waals surface area contributed by atoms with E-state index in [-0.39, 0.29) is 6.09 Å². The van der Waals surface area contributed by atoms with E-state index in [9.17, 15) is 4.79 Å². The minimum absolute atomic E-state index is 0.364. The second-order valence-electron chi connectivity index (χ2n) is 7.12. The van der Waals surface area contributed by atoms with Gasteiger partial charge in [-0.05, 0) is 57.5 Å². The summed E-state index contributed by atoms with van der Waals surface area (Å²) in [6.45, 7) is 6.99. The van der Waals surface area contributed by atoms with Crippen molar-refractivity contribution in [1.29, 1.82) is 0 Å². The van der Waals surface area contributed by atoms with Crippen LogP contribution in [0.1, 0.15) is 27.2 Å². The minimum Gasteiger partial charge on any atom is -0.444 e. The highest BCUT2D eigenvalue weighted by Crippen LogP contribution is 2.48. The lowest BCUT2D eigenvalue weighted by Gasteiger charge is -2.33. The molecule has 2 aromatic carbocycles. The van der Waals surface area contributed by atoms with Gasteiger partial charge in [0.2, 0.25) is 0 Å². The monoisotopic (exact) mass is 434 g/mol. The van der Waals surface area contributed by atoms with E-state index in [1.54, 1.807) is 11.8 Å². The molecule has 0 aromatic heterocycles. The summed E-state index contributed by atoms with van der Waals surface area (Å²) in [5.41, 5.74) is 1.94. The molecule has 3 rings (SSSR count). The summed E-state index contributed by atoms with van der Waals surface area (Å²) >= 11 is 5.35.